The van der Waals surface area contributed by atoms with E-state index in [-0.39, 0.29) is 11.5 Å². The van der Waals surface area contributed by atoms with Gasteiger partial charge in [-0.05, 0) is 53.1 Å². The van der Waals surface area contributed by atoms with Crippen LogP contribution in [-0.4, -0.2) is 49.7 Å². The Balaban J connectivity index is 2.56. The minimum Gasteiger partial charge on any atom is -0.378 e. The molecule has 4 heteroatoms. The lowest BCUT2D eigenvalue weighted by molar-refractivity contribution is -0.140. The molecule has 1 rings (SSSR count). The predicted molar refractivity (Wildman–Crippen MR) is 73.6 cm³/mol. The van der Waals surface area contributed by atoms with Crippen molar-refractivity contribution in [2.75, 3.05) is 27.2 Å². The molecule has 1 N–H and O–H groups in total. The smallest absolute Gasteiger partial charge is 0.225 e. The first kappa shape index (κ1) is 15.4. The highest BCUT2D eigenvalue weighted by Crippen LogP contribution is 2.23. The average molecular weight is 256 g/mol. The highest BCUT2D eigenvalue weighted by atomic mass is 16.5. The highest BCUT2D eigenvalue weighted by Gasteiger charge is 2.30. The molecule has 4 nitrogen and oxygen atoms in total. The van der Waals surface area contributed by atoms with E-state index in [1.54, 1.807) is 7.11 Å². The molecule has 1 aliphatic heterocycles. The fourth-order valence-corrected chi connectivity index (χ4v) is 2.48. The summed E-state index contributed by atoms with van der Waals surface area (Å²) in [5.74, 6) is 0.239. The van der Waals surface area contributed by atoms with E-state index < -0.39 is 0 Å². The van der Waals surface area contributed by atoms with Crippen LogP contribution in [0.2, 0.25) is 0 Å². The Bertz CT molecular complexity index is 267. The summed E-state index contributed by atoms with van der Waals surface area (Å²) in [4.78, 5) is 14.4. The molecule has 0 saturated carbocycles. The van der Waals surface area contributed by atoms with Crippen molar-refractivity contribution in [3.05, 3.63) is 0 Å². The van der Waals surface area contributed by atoms with Crippen LogP contribution in [0.15, 0.2) is 0 Å². The number of carbonyl (C=O) groups is 1. The molecule has 0 aromatic rings. The molecule has 0 spiro atoms. The van der Waals surface area contributed by atoms with Gasteiger partial charge in [-0.25, -0.2) is 0 Å². The minimum atomic E-state index is -0.359. The summed E-state index contributed by atoms with van der Waals surface area (Å²) < 4.78 is 5.36. The molecule has 106 valence electrons. The zero-order chi connectivity index (χ0) is 13.6. The Hall–Kier alpha value is -0.610. The van der Waals surface area contributed by atoms with Crippen LogP contribution in [-0.2, 0) is 9.53 Å². The van der Waals surface area contributed by atoms with Gasteiger partial charge in [0.1, 0.15) is 0 Å². The number of piperidine rings is 1. The summed E-state index contributed by atoms with van der Waals surface area (Å²) in [5.41, 5.74) is -0.359. The number of carbonyl (C=O) groups excluding carboxylic acids is 1. The SMILES string of the molecule is CNCCC1CCCCN1C(=O)CC(C)(C)OC. The molecule has 0 aliphatic carbocycles. The first-order valence-electron chi connectivity index (χ1n) is 6.99. The number of methoxy groups -OCH3 is 1. The molecule has 1 amide bonds. The molecule has 0 radical (unpaired) electrons. The lowest BCUT2D eigenvalue weighted by Crippen LogP contribution is -2.47. The fourth-order valence-electron chi connectivity index (χ4n) is 2.48. The standard InChI is InChI=1S/C14H28N2O2/c1-14(2,18-4)11-13(17)16-10-6-5-7-12(16)8-9-15-3/h12,15H,5-11H2,1-4H3. The molecule has 1 saturated heterocycles. The number of nitrogens with one attached hydrogen (secondary N) is 1. The molecule has 1 aliphatic rings. The van der Waals surface area contributed by atoms with Crippen LogP contribution >= 0.6 is 0 Å². The van der Waals surface area contributed by atoms with Crippen molar-refractivity contribution >= 4 is 5.91 Å². The lowest BCUT2D eigenvalue weighted by Gasteiger charge is -2.37. The van der Waals surface area contributed by atoms with Gasteiger partial charge in [0.15, 0.2) is 0 Å². The Morgan fingerprint density at radius 1 is 1.44 bits per heavy atom. The van der Waals surface area contributed by atoms with Gasteiger partial charge >= 0.3 is 0 Å². The maximum absolute atomic E-state index is 12.4. The zero-order valence-electron chi connectivity index (χ0n) is 12.3. The van der Waals surface area contributed by atoms with Crippen LogP contribution in [0.5, 0.6) is 0 Å². The average Bonchev–Trinajstić information content (AvgIpc) is 2.36. The number of ether oxygens (including phenoxy) is 1. The quantitative estimate of drug-likeness (QED) is 0.788. The number of rotatable bonds is 6. The first-order valence-corrected chi connectivity index (χ1v) is 6.99. The van der Waals surface area contributed by atoms with Gasteiger partial charge in [0.25, 0.3) is 0 Å². The van der Waals surface area contributed by atoms with Crippen molar-refractivity contribution in [2.45, 2.75) is 57.6 Å². The van der Waals surface area contributed by atoms with Gasteiger partial charge in [-0.1, -0.05) is 0 Å². The van der Waals surface area contributed by atoms with Crippen LogP contribution in [0.25, 0.3) is 0 Å². The van der Waals surface area contributed by atoms with Crippen molar-refractivity contribution in [1.29, 1.82) is 0 Å². The minimum absolute atomic E-state index is 0.239. The van der Waals surface area contributed by atoms with E-state index in [0.717, 1.165) is 32.4 Å². The van der Waals surface area contributed by atoms with Crippen molar-refractivity contribution < 1.29 is 9.53 Å². The Labute approximate surface area is 111 Å². The molecule has 1 fully saturated rings. The fraction of sp³-hybridized carbons (Fsp3) is 0.929. The third-order valence-electron chi connectivity index (χ3n) is 3.80. The van der Waals surface area contributed by atoms with E-state index in [9.17, 15) is 4.79 Å². The summed E-state index contributed by atoms with van der Waals surface area (Å²) >= 11 is 0. The molecule has 1 atom stereocenters. The second-order valence-electron chi connectivity index (χ2n) is 5.77. The van der Waals surface area contributed by atoms with Crippen LogP contribution in [0, 0.1) is 0 Å². The second-order valence-corrected chi connectivity index (χ2v) is 5.77. The van der Waals surface area contributed by atoms with E-state index in [0.29, 0.717) is 12.5 Å². The molecule has 1 heterocycles. The summed E-state index contributed by atoms with van der Waals surface area (Å²) in [7, 11) is 3.63. The van der Waals surface area contributed by atoms with Gasteiger partial charge in [-0.3, -0.25) is 4.79 Å². The summed E-state index contributed by atoms with van der Waals surface area (Å²) in [5, 5.41) is 3.17. The molecular formula is C14H28N2O2. The number of hydrogen-bond donors (Lipinski definition) is 1. The van der Waals surface area contributed by atoms with Crippen molar-refractivity contribution in [2.24, 2.45) is 0 Å². The number of hydrogen-bond acceptors (Lipinski definition) is 3. The third-order valence-corrected chi connectivity index (χ3v) is 3.80. The van der Waals surface area contributed by atoms with E-state index in [1.807, 2.05) is 20.9 Å². The van der Waals surface area contributed by atoms with Crippen molar-refractivity contribution in [3.63, 3.8) is 0 Å². The second kappa shape index (κ2) is 7.10. The maximum Gasteiger partial charge on any atom is 0.225 e. The van der Waals surface area contributed by atoms with E-state index in [2.05, 4.69) is 10.2 Å². The van der Waals surface area contributed by atoms with Crippen molar-refractivity contribution in [3.8, 4) is 0 Å². The summed E-state index contributed by atoms with van der Waals surface area (Å²) in [6, 6.07) is 0.409. The van der Waals surface area contributed by atoms with Gasteiger partial charge in [-0.2, -0.15) is 0 Å². The van der Waals surface area contributed by atoms with E-state index in [1.165, 1.54) is 6.42 Å². The van der Waals surface area contributed by atoms with E-state index in [4.69, 9.17) is 4.74 Å². The molecule has 0 bridgehead atoms. The summed E-state index contributed by atoms with van der Waals surface area (Å²) in [6.45, 7) is 5.82. The van der Waals surface area contributed by atoms with Crippen LogP contribution < -0.4 is 5.32 Å². The van der Waals surface area contributed by atoms with Crippen LogP contribution in [0.4, 0.5) is 0 Å². The van der Waals surface area contributed by atoms with Crippen molar-refractivity contribution in [1.82, 2.24) is 10.2 Å². The van der Waals surface area contributed by atoms with Gasteiger partial charge < -0.3 is 15.0 Å². The Morgan fingerprint density at radius 3 is 2.78 bits per heavy atom. The van der Waals surface area contributed by atoms with Gasteiger partial charge in [0.05, 0.1) is 12.0 Å². The van der Waals surface area contributed by atoms with Gasteiger partial charge in [0.2, 0.25) is 5.91 Å². The van der Waals surface area contributed by atoms with Gasteiger partial charge in [0, 0.05) is 19.7 Å². The Morgan fingerprint density at radius 2 is 2.17 bits per heavy atom. The topological polar surface area (TPSA) is 41.6 Å². The predicted octanol–water partition coefficient (Wildman–Crippen LogP) is 1.79. The summed E-state index contributed by atoms with van der Waals surface area (Å²) in [6.07, 6.45) is 5.04. The number of likely N-dealkylation sites (tertiary alicyclic amines) is 1. The monoisotopic (exact) mass is 256 g/mol. The molecule has 18 heavy (non-hydrogen) atoms. The van der Waals surface area contributed by atoms with Crippen LogP contribution in [0.1, 0.15) is 46.0 Å². The number of amides is 1. The lowest BCUT2D eigenvalue weighted by atomic mass is 9.96. The van der Waals surface area contributed by atoms with Crippen LogP contribution in [0.3, 0.4) is 0 Å². The molecule has 0 aromatic heterocycles. The van der Waals surface area contributed by atoms with E-state index >= 15 is 0 Å². The number of nitrogens with zero attached hydrogens (tertiary/aromatic N) is 1. The zero-order valence-corrected chi connectivity index (χ0v) is 12.3. The maximum atomic E-state index is 12.4. The first-order chi connectivity index (χ1) is 8.50. The highest BCUT2D eigenvalue weighted by molar-refractivity contribution is 5.77. The molecule has 1 unspecified atom stereocenters. The normalized spacial score (nSPS) is 21.1. The largest absolute Gasteiger partial charge is 0.378 e. The Kier molecular flexibility index (Phi) is 6.09. The molecular weight excluding hydrogens is 228 g/mol. The third kappa shape index (κ3) is 4.58. The van der Waals surface area contributed by atoms with Gasteiger partial charge in [-0.15, -0.1) is 0 Å². The molecule has 0 aromatic carbocycles.